The van der Waals surface area contributed by atoms with E-state index in [1.165, 1.54) is 0 Å². The Kier molecular flexibility index (Phi) is 5.54. The van der Waals surface area contributed by atoms with Gasteiger partial charge < -0.3 is 10.8 Å². The van der Waals surface area contributed by atoms with Gasteiger partial charge in [0, 0.05) is 5.75 Å². The van der Waals surface area contributed by atoms with Gasteiger partial charge in [0.05, 0.1) is 5.69 Å². The first kappa shape index (κ1) is 17.3. The molecule has 0 spiro atoms. The molecule has 2 aromatic rings. The summed E-state index contributed by atoms with van der Waals surface area (Å²) in [4.78, 5) is 10.9. The number of hydrazine groups is 2. The largest absolute Gasteiger partial charge is 0.480 e. The normalized spacial score (nSPS) is 14.8. The first-order valence-corrected chi connectivity index (χ1v) is 8.74. The zero-order valence-electron chi connectivity index (χ0n) is 13.4. The molecule has 0 amide bonds. The fraction of sp³-hybridized carbons (Fsp3) is 0.176. The van der Waals surface area contributed by atoms with Crippen LogP contribution in [0.2, 0.25) is 0 Å². The Morgan fingerprint density at radius 1 is 1.20 bits per heavy atom. The summed E-state index contributed by atoms with van der Waals surface area (Å²) in [7, 11) is 0. The van der Waals surface area contributed by atoms with E-state index in [-0.39, 0.29) is 0 Å². The zero-order chi connectivity index (χ0) is 17.6. The van der Waals surface area contributed by atoms with Gasteiger partial charge >= 0.3 is 5.97 Å². The number of rotatable bonds is 6. The molecular formula is C17H19N5O2S. The van der Waals surface area contributed by atoms with Crippen molar-refractivity contribution in [2.45, 2.75) is 18.2 Å². The highest BCUT2D eigenvalue weighted by molar-refractivity contribution is 8.13. The number of hydrogen-bond donors (Lipinski definition) is 4. The summed E-state index contributed by atoms with van der Waals surface area (Å²) < 4.78 is 0. The van der Waals surface area contributed by atoms with Gasteiger partial charge in [0.1, 0.15) is 6.04 Å². The minimum atomic E-state index is -0.990. The lowest BCUT2D eigenvalue weighted by molar-refractivity contribution is -0.138. The van der Waals surface area contributed by atoms with Crippen molar-refractivity contribution in [2.75, 3.05) is 5.01 Å². The van der Waals surface area contributed by atoms with E-state index in [0.717, 1.165) is 22.0 Å². The van der Waals surface area contributed by atoms with E-state index in [4.69, 9.17) is 10.8 Å². The first-order chi connectivity index (χ1) is 12.1. The second kappa shape index (κ2) is 8.02. The number of carbonyl (C=O) groups is 1. The van der Waals surface area contributed by atoms with Crippen LogP contribution in [-0.4, -0.2) is 22.3 Å². The van der Waals surface area contributed by atoms with E-state index in [2.05, 4.69) is 16.2 Å². The average molecular weight is 357 g/mol. The van der Waals surface area contributed by atoms with Crippen LogP contribution in [0.1, 0.15) is 11.1 Å². The average Bonchev–Trinajstić information content (AvgIpc) is 3.09. The van der Waals surface area contributed by atoms with Crippen molar-refractivity contribution in [2.24, 2.45) is 10.8 Å². The van der Waals surface area contributed by atoms with E-state index in [1.807, 2.05) is 59.6 Å². The Labute approximate surface area is 149 Å². The molecule has 0 aliphatic carbocycles. The summed E-state index contributed by atoms with van der Waals surface area (Å²) in [6.45, 7) is 0. The number of carboxylic acids is 1. The number of benzene rings is 2. The van der Waals surface area contributed by atoms with Gasteiger partial charge in [-0.3, -0.25) is 4.79 Å². The summed E-state index contributed by atoms with van der Waals surface area (Å²) in [6.07, 6.45) is 0.314. The number of para-hydroxylation sites is 1. The van der Waals surface area contributed by atoms with Crippen LogP contribution in [0.5, 0.6) is 0 Å². The Morgan fingerprint density at radius 2 is 1.96 bits per heavy atom. The lowest BCUT2D eigenvalue weighted by atomic mass is 10.0. The molecular weight excluding hydrogens is 338 g/mol. The molecule has 1 aliphatic rings. The number of nitrogens with zero attached hydrogens (tertiary/aromatic N) is 2. The van der Waals surface area contributed by atoms with Crippen LogP contribution >= 0.6 is 11.8 Å². The van der Waals surface area contributed by atoms with E-state index < -0.39 is 12.0 Å². The van der Waals surface area contributed by atoms with Crippen LogP contribution in [0.3, 0.4) is 0 Å². The molecule has 2 aromatic carbocycles. The van der Waals surface area contributed by atoms with Gasteiger partial charge in [-0.1, -0.05) is 54.2 Å². The maximum Gasteiger partial charge on any atom is 0.320 e. The molecule has 3 rings (SSSR count). The quantitative estimate of drug-likeness (QED) is 0.624. The van der Waals surface area contributed by atoms with Crippen LogP contribution in [0.25, 0.3) is 0 Å². The summed E-state index contributed by atoms with van der Waals surface area (Å²) in [5.41, 5.74) is 14.3. The summed E-state index contributed by atoms with van der Waals surface area (Å²) in [6, 6.07) is 16.8. The number of nitrogens with two attached hydrogens (primary N) is 1. The number of amidine groups is 1. The van der Waals surface area contributed by atoms with E-state index in [0.29, 0.717) is 12.2 Å². The summed E-state index contributed by atoms with van der Waals surface area (Å²) in [5, 5.41) is 15.9. The minimum absolute atomic E-state index is 0.314. The van der Waals surface area contributed by atoms with Crippen LogP contribution in [0.4, 0.5) is 5.69 Å². The molecule has 0 saturated carbocycles. The third-order valence-corrected chi connectivity index (χ3v) is 4.66. The number of aliphatic carboxylic acids is 1. The number of carboxylic acid groups (broad SMARTS) is 1. The molecule has 0 aromatic heterocycles. The Balaban J connectivity index is 1.62. The van der Waals surface area contributed by atoms with Gasteiger partial charge in [0.2, 0.25) is 5.17 Å². The van der Waals surface area contributed by atoms with Crippen LogP contribution in [0.15, 0.2) is 59.7 Å². The van der Waals surface area contributed by atoms with Gasteiger partial charge in [-0.25, -0.2) is 10.5 Å². The molecule has 8 heteroatoms. The van der Waals surface area contributed by atoms with Crippen molar-refractivity contribution in [3.8, 4) is 0 Å². The summed E-state index contributed by atoms with van der Waals surface area (Å²) >= 11 is 1.58. The van der Waals surface area contributed by atoms with Crippen molar-refractivity contribution in [1.82, 2.24) is 11.1 Å². The highest BCUT2D eigenvalue weighted by Crippen LogP contribution is 2.22. The zero-order valence-corrected chi connectivity index (χ0v) is 14.2. The van der Waals surface area contributed by atoms with Crippen LogP contribution in [0, 0.1) is 0 Å². The molecule has 5 N–H and O–H groups in total. The standard InChI is InChI=1S/C17H19N5O2S/c18-15(16(23)24)10-12-5-4-6-13(9-12)11-25-17-19-20-21-22(17)14-7-2-1-3-8-14/h1-9,15,20-21H,10-11,18H2,(H,23,24)/t15-/m0/s1. The van der Waals surface area contributed by atoms with Gasteiger partial charge in [-0.15, -0.1) is 10.6 Å². The fourth-order valence-electron chi connectivity index (χ4n) is 2.41. The topological polar surface area (TPSA) is 103 Å². The molecule has 7 nitrogen and oxygen atoms in total. The Morgan fingerprint density at radius 3 is 2.72 bits per heavy atom. The molecule has 1 heterocycles. The fourth-order valence-corrected chi connectivity index (χ4v) is 3.27. The molecule has 1 aliphatic heterocycles. The maximum absolute atomic E-state index is 10.9. The predicted octanol–water partition coefficient (Wildman–Crippen LogP) is 1.67. The van der Waals surface area contributed by atoms with Gasteiger partial charge in [-0.05, 0) is 29.7 Å². The van der Waals surface area contributed by atoms with Crippen molar-refractivity contribution in [3.05, 3.63) is 65.7 Å². The highest BCUT2D eigenvalue weighted by atomic mass is 32.2. The number of nitrogens with one attached hydrogen (secondary N) is 2. The molecule has 25 heavy (non-hydrogen) atoms. The van der Waals surface area contributed by atoms with Crippen molar-refractivity contribution >= 4 is 28.6 Å². The van der Waals surface area contributed by atoms with Crippen LogP contribution < -0.4 is 21.8 Å². The molecule has 0 fully saturated rings. The first-order valence-electron chi connectivity index (χ1n) is 7.76. The molecule has 130 valence electrons. The predicted molar refractivity (Wildman–Crippen MR) is 99.7 cm³/mol. The third kappa shape index (κ3) is 4.50. The number of anilines is 1. The van der Waals surface area contributed by atoms with Gasteiger partial charge in [0.25, 0.3) is 0 Å². The maximum atomic E-state index is 10.9. The van der Waals surface area contributed by atoms with Crippen LogP contribution in [-0.2, 0) is 17.0 Å². The lowest BCUT2D eigenvalue weighted by Crippen LogP contribution is -2.40. The summed E-state index contributed by atoms with van der Waals surface area (Å²) in [5.74, 6) is -0.280. The number of thioether (sulfide) groups is 1. The second-order valence-corrected chi connectivity index (χ2v) is 6.49. The Bertz CT molecular complexity index is 769. The minimum Gasteiger partial charge on any atom is -0.480 e. The van der Waals surface area contributed by atoms with Crippen molar-refractivity contribution < 1.29 is 9.90 Å². The van der Waals surface area contributed by atoms with E-state index in [1.54, 1.807) is 11.8 Å². The molecule has 0 radical (unpaired) electrons. The van der Waals surface area contributed by atoms with Crippen molar-refractivity contribution in [1.29, 1.82) is 0 Å². The van der Waals surface area contributed by atoms with Gasteiger partial charge in [-0.2, -0.15) is 0 Å². The van der Waals surface area contributed by atoms with E-state index >= 15 is 0 Å². The lowest BCUT2D eigenvalue weighted by Gasteiger charge is -2.18. The molecule has 0 bridgehead atoms. The molecule has 0 saturated heterocycles. The Hall–Kier alpha value is -2.55. The van der Waals surface area contributed by atoms with Gasteiger partial charge in [0.15, 0.2) is 0 Å². The van der Waals surface area contributed by atoms with Crippen molar-refractivity contribution in [3.63, 3.8) is 0 Å². The third-order valence-electron chi connectivity index (χ3n) is 3.65. The molecule has 1 atom stereocenters. The SMILES string of the molecule is N[C@@H](Cc1cccc(CSC2=NNNN2c2ccccc2)c1)C(=O)O. The highest BCUT2D eigenvalue weighted by Gasteiger charge is 2.19. The number of hydrogen-bond acceptors (Lipinski definition) is 7. The number of hydrazone groups is 1. The smallest absolute Gasteiger partial charge is 0.320 e. The second-order valence-electron chi connectivity index (χ2n) is 5.55. The monoisotopic (exact) mass is 357 g/mol. The molecule has 0 unspecified atom stereocenters. The van der Waals surface area contributed by atoms with E-state index in [9.17, 15) is 4.79 Å².